The van der Waals surface area contributed by atoms with Crippen LogP contribution in [0, 0.1) is 0 Å². The standard InChI is InChI=1S/C10H12N8S/c1-3-11-9-14-7-6(4-12-16-7)8(15-9)19-10-17-13-5-18(10)2/h4-5H,3H2,1-2H3,(H2,11,12,14,15,16). The Bertz CT molecular complexity index is 702. The summed E-state index contributed by atoms with van der Waals surface area (Å²) in [5.41, 5.74) is 0.704. The third-order valence-corrected chi connectivity index (χ3v) is 3.52. The summed E-state index contributed by atoms with van der Waals surface area (Å²) in [4.78, 5) is 8.82. The fraction of sp³-hybridized carbons (Fsp3) is 0.300. The molecule has 0 aliphatic carbocycles. The first kappa shape index (κ1) is 11.9. The maximum atomic E-state index is 4.48. The van der Waals surface area contributed by atoms with Gasteiger partial charge < -0.3 is 9.88 Å². The molecule has 0 atom stereocenters. The average molecular weight is 276 g/mol. The van der Waals surface area contributed by atoms with Gasteiger partial charge in [0.25, 0.3) is 0 Å². The highest BCUT2D eigenvalue weighted by atomic mass is 32.2. The van der Waals surface area contributed by atoms with E-state index < -0.39 is 0 Å². The number of H-pyrrole nitrogens is 1. The monoisotopic (exact) mass is 276 g/mol. The summed E-state index contributed by atoms with van der Waals surface area (Å²) in [7, 11) is 1.89. The van der Waals surface area contributed by atoms with Crippen LogP contribution < -0.4 is 5.32 Å². The van der Waals surface area contributed by atoms with E-state index in [0.717, 1.165) is 22.1 Å². The first-order valence-corrected chi connectivity index (χ1v) is 6.56. The van der Waals surface area contributed by atoms with Gasteiger partial charge in [-0.05, 0) is 18.7 Å². The molecule has 3 aromatic heterocycles. The number of fused-ring (bicyclic) bond motifs is 1. The van der Waals surface area contributed by atoms with Gasteiger partial charge in [0.1, 0.15) is 11.4 Å². The lowest BCUT2D eigenvalue weighted by Crippen LogP contribution is -2.03. The molecule has 0 amide bonds. The third-order valence-electron chi connectivity index (χ3n) is 2.47. The van der Waals surface area contributed by atoms with Gasteiger partial charge in [0.2, 0.25) is 5.95 Å². The summed E-state index contributed by atoms with van der Waals surface area (Å²) in [6, 6.07) is 0. The van der Waals surface area contributed by atoms with E-state index in [4.69, 9.17) is 0 Å². The summed E-state index contributed by atoms with van der Waals surface area (Å²) >= 11 is 1.43. The molecule has 2 N–H and O–H groups in total. The number of anilines is 1. The highest BCUT2D eigenvalue weighted by Gasteiger charge is 2.13. The molecule has 3 aromatic rings. The van der Waals surface area contributed by atoms with E-state index in [1.165, 1.54) is 11.8 Å². The lowest BCUT2D eigenvalue weighted by atomic mass is 10.4. The van der Waals surface area contributed by atoms with Gasteiger partial charge in [-0.25, -0.2) is 4.98 Å². The summed E-state index contributed by atoms with van der Waals surface area (Å²) in [5, 5.41) is 20.3. The molecular formula is C10H12N8S. The molecular weight excluding hydrogens is 264 g/mol. The largest absolute Gasteiger partial charge is 0.354 e. The third kappa shape index (κ3) is 2.24. The van der Waals surface area contributed by atoms with Crippen LogP contribution in [0.15, 0.2) is 22.7 Å². The molecule has 98 valence electrons. The van der Waals surface area contributed by atoms with Crippen LogP contribution in [0.5, 0.6) is 0 Å². The fourth-order valence-corrected chi connectivity index (χ4v) is 2.42. The van der Waals surface area contributed by atoms with E-state index >= 15 is 0 Å². The highest BCUT2D eigenvalue weighted by Crippen LogP contribution is 2.29. The Labute approximate surface area is 113 Å². The first-order chi connectivity index (χ1) is 9.28. The number of hydrogen-bond donors (Lipinski definition) is 2. The van der Waals surface area contributed by atoms with Gasteiger partial charge in [0, 0.05) is 13.6 Å². The molecule has 9 heteroatoms. The van der Waals surface area contributed by atoms with Crippen LogP contribution in [0.2, 0.25) is 0 Å². The number of aromatic nitrogens is 7. The minimum absolute atomic E-state index is 0.573. The molecule has 19 heavy (non-hydrogen) atoms. The second-order valence-electron chi connectivity index (χ2n) is 3.84. The van der Waals surface area contributed by atoms with Gasteiger partial charge in [-0.3, -0.25) is 5.10 Å². The predicted octanol–water partition coefficient (Wildman–Crippen LogP) is 1.06. The van der Waals surface area contributed by atoms with E-state index in [0.29, 0.717) is 11.6 Å². The molecule has 3 rings (SSSR count). The van der Waals surface area contributed by atoms with Crippen molar-refractivity contribution in [2.24, 2.45) is 7.05 Å². The summed E-state index contributed by atoms with van der Waals surface area (Å²) in [6.45, 7) is 2.75. The molecule has 0 unspecified atom stereocenters. The Hall–Kier alpha value is -2.16. The molecule has 0 aromatic carbocycles. The van der Waals surface area contributed by atoms with Crippen molar-refractivity contribution in [1.29, 1.82) is 0 Å². The maximum absolute atomic E-state index is 4.48. The van der Waals surface area contributed by atoms with Gasteiger partial charge in [0.05, 0.1) is 11.6 Å². The predicted molar refractivity (Wildman–Crippen MR) is 71.0 cm³/mol. The van der Waals surface area contributed by atoms with E-state index in [1.807, 2.05) is 18.5 Å². The zero-order valence-electron chi connectivity index (χ0n) is 10.5. The molecule has 0 fully saturated rings. The molecule has 0 aliphatic rings. The summed E-state index contributed by atoms with van der Waals surface area (Å²) in [6.07, 6.45) is 3.37. The molecule has 3 heterocycles. The molecule has 0 spiro atoms. The molecule has 0 saturated heterocycles. The van der Waals surface area contributed by atoms with Crippen molar-refractivity contribution in [3.8, 4) is 0 Å². The Kier molecular flexibility index (Phi) is 3.03. The van der Waals surface area contributed by atoms with E-state index in [2.05, 4.69) is 35.7 Å². The number of aryl methyl sites for hydroxylation is 1. The number of nitrogens with zero attached hydrogens (tertiary/aromatic N) is 6. The quantitative estimate of drug-likeness (QED) is 0.688. The Balaban J connectivity index is 2.05. The van der Waals surface area contributed by atoms with Crippen LogP contribution in [0.25, 0.3) is 11.0 Å². The summed E-state index contributed by atoms with van der Waals surface area (Å²) in [5.74, 6) is 0.573. The van der Waals surface area contributed by atoms with Crippen LogP contribution in [-0.2, 0) is 7.05 Å². The smallest absolute Gasteiger partial charge is 0.225 e. The van der Waals surface area contributed by atoms with Crippen LogP contribution in [0.3, 0.4) is 0 Å². The SMILES string of the molecule is CCNc1nc(Sc2nncn2C)c2cn[nH]c2n1. The Morgan fingerprint density at radius 3 is 3.05 bits per heavy atom. The van der Waals surface area contributed by atoms with Crippen molar-refractivity contribution < 1.29 is 0 Å². The average Bonchev–Trinajstić information content (AvgIpc) is 3.00. The van der Waals surface area contributed by atoms with Crippen LogP contribution in [0.4, 0.5) is 5.95 Å². The van der Waals surface area contributed by atoms with Crippen LogP contribution in [-0.4, -0.2) is 41.5 Å². The minimum Gasteiger partial charge on any atom is -0.354 e. The van der Waals surface area contributed by atoms with Gasteiger partial charge in [-0.1, -0.05) is 0 Å². The van der Waals surface area contributed by atoms with Crippen molar-refractivity contribution in [3.63, 3.8) is 0 Å². The van der Waals surface area contributed by atoms with Crippen molar-refractivity contribution in [3.05, 3.63) is 12.5 Å². The van der Waals surface area contributed by atoms with Gasteiger partial charge >= 0.3 is 0 Å². The normalized spacial score (nSPS) is 11.1. The van der Waals surface area contributed by atoms with Crippen LogP contribution >= 0.6 is 11.8 Å². The number of rotatable bonds is 4. The zero-order valence-corrected chi connectivity index (χ0v) is 11.3. The lowest BCUT2D eigenvalue weighted by Gasteiger charge is -2.05. The lowest BCUT2D eigenvalue weighted by molar-refractivity contribution is 0.787. The van der Waals surface area contributed by atoms with E-state index in [9.17, 15) is 0 Å². The molecule has 0 saturated carbocycles. The van der Waals surface area contributed by atoms with E-state index in [1.54, 1.807) is 12.5 Å². The van der Waals surface area contributed by atoms with Crippen molar-refractivity contribution in [1.82, 2.24) is 34.9 Å². The topological polar surface area (TPSA) is 97.2 Å². The number of aromatic amines is 1. The molecule has 0 bridgehead atoms. The molecule has 0 radical (unpaired) electrons. The maximum Gasteiger partial charge on any atom is 0.225 e. The van der Waals surface area contributed by atoms with E-state index in [-0.39, 0.29) is 0 Å². The number of nitrogens with one attached hydrogen (secondary N) is 2. The number of hydrogen-bond acceptors (Lipinski definition) is 7. The van der Waals surface area contributed by atoms with Gasteiger partial charge in [-0.15, -0.1) is 10.2 Å². The van der Waals surface area contributed by atoms with Crippen molar-refractivity contribution in [2.75, 3.05) is 11.9 Å². The van der Waals surface area contributed by atoms with Crippen LogP contribution in [0.1, 0.15) is 6.92 Å². The Morgan fingerprint density at radius 2 is 2.32 bits per heavy atom. The van der Waals surface area contributed by atoms with Crippen molar-refractivity contribution in [2.45, 2.75) is 17.1 Å². The fourth-order valence-electron chi connectivity index (χ4n) is 1.57. The second-order valence-corrected chi connectivity index (χ2v) is 4.80. The highest BCUT2D eigenvalue weighted by molar-refractivity contribution is 7.99. The summed E-state index contributed by atoms with van der Waals surface area (Å²) < 4.78 is 1.84. The van der Waals surface area contributed by atoms with Gasteiger partial charge in [0.15, 0.2) is 10.8 Å². The first-order valence-electron chi connectivity index (χ1n) is 5.74. The van der Waals surface area contributed by atoms with Crippen molar-refractivity contribution >= 4 is 28.7 Å². The molecule has 0 aliphatic heterocycles. The second kappa shape index (κ2) is 4.84. The Morgan fingerprint density at radius 1 is 1.42 bits per heavy atom. The minimum atomic E-state index is 0.573. The zero-order chi connectivity index (χ0) is 13.2. The molecule has 8 nitrogen and oxygen atoms in total. The van der Waals surface area contributed by atoms with Gasteiger partial charge in [-0.2, -0.15) is 10.1 Å².